The molecule has 0 radical (unpaired) electrons. The monoisotopic (exact) mass is 753 g/mol. The minimum Gasteiger partial charge on any atom is -0.507 e. The van der Waals surface area contributed by atoms with Gasteiger partial charge in [-0.3, -0.25) is 4.79 Å². The molecule has 2 aromatic carbocycles. The van der Waals surface area contributed by atoms with Crippen LogP contribution in [0, 0.1) is 46.3 Å². The first-order valence-corrected chi connectivity index (χ1v) is 20.2. The van der Waals surface area contributed by atoms with Crippen LogP contribution in [0.4, 0.5) is 0 Å². The Morgan fingerprint density at radius 3 is 2.53 bits per heavy atom. The van der Waals surface area contributed by atoms with Gasteiger partial charge in [-0.15, -0.1) is 0 Å². The molecule has 10 heteroatoms. The molecule has 2 aromatic rings. The number of rotatable bonds is 8. The number of aliphatic hydroxyl groups is 4. The maximum atomic E-state index is 13.5. The number of benzene rings is 2. The summed E-state index contributed by atoms with van der Waals surface area (Å²) in [4.78, 5) is 25.8. The molecule has 0 aromatic heterocycles. The number of amides is 1. The van der Waals surface area contributed by atoms with Gasteiger partial charge in [-0.05, 0) is 128 Å². The zero-order chi connectivity index (χ0) is 39.0. The fourth-order valence-electron chi connectivity index (χ4n) is 12.4. The van der Waals surface area contributed by atoms with E-state index in [1.165, 1.54) is 18.2 Å². The van der Waals surface area contributed by atoms with Crippen LogP contribution in [-0.2, 0) is 11.3 Å². The van der Waals surface area contributed by atoms with Gasteiger partial charge in [0.25, 0.3) is 0 Å². The summed E-state index contributed by atoms with van der Waals surface area (Å²) in [6.07, 6.45) is 9.28. The van der Waals surface area contributed by atoms with Gasteiger partial charge in [0.2, 0.25) is 5.91 Å². The lowest BCUT2D eigenvalue weighted by Gasteiger charge is -2.63. The highest BCUT2D eigenvalue weighted by atomic mass is 16.5. The number of aliphatic hydroxyl groups excluding tert-OH is 4. The van der Waals surface area contributed by atoms with Crippen LogP contribution in [0.2, 0.25) is 0 Å². The number of carbonyl (C=O) groups excluding carboxylic acids is 1. The number of carboxylic acids is 1. The Balaban J connectivity index is 0.973. The van der Waals surface area contributed by atoms with Gasteiger partial charge in [-0.25, -0.2) is 4.79 Å². The predicted molar refractivity (Wildman–Crippen MR) is 206 cm³/mol. The largest absolute Gasteiger partial charge is 0.507 e. The van der Waals surface area contributed by atoms with Crippen LogP contribution in [0.3, 0.4) is 0 Å². The molecule has 1 heterocycles. The molecule has 7 N–H and O–H groups in total. The Morgan fingerprint density at radius 1 is 0.964 bits per heavy atom. The van der Waals surface area contributed by atoms with E-state index in [1.807, 2.05) is 0 Å². The minimum atomic E-state index is -1.09. The molecule has 1 aliphatic heterocycles. The van der Waals surface area contributed by atoms with Gasteiger partial charge < -0.3 is 40.7 Å². The average molecular weight is 754 g/mol. The van der Waals surface area contributed by atoms with Crippen molar-refractivity contribution >= 4 is 17.4 Å². The van der Waals surface area contributed by atoms with Gasteiger partial charge in [-0.1, -0.05) is 51.1 Å². The first-order valence-electron chi connectivity index (χ1n) is 20.2. The molecule has 1 unspecified atom stereocenters. The lowest BCUT2D eigenvalue weighted by molar-refractivity contribution is -0.207. The van der Waals surface area contributed by atoms with Crippen LogP contribution in [0.15, 0.2) is 66.0 Å². The molecule has 6 aliphatic rings. The van der Waals surface area contributed by atoms with Crippen molar-refractivity contribution in [3.8, 4) is 11.5 Å². The van der Waals surface area contributed by atoms with Crippen LogP contribution in [-0.4, -0.2) is 66.9 Å². The SMILES string of the molecule is C[C@H](CCC(=O)NCc1c(O)ccc2c1OC1=CC(O)C=CC1=C2c1ccccc1C(=O)O)[C@H]1CC[C@H]2[C@@H]3[C@H](O)C[C@@H]4C[C@H](O)CC[C@]4(C)[C@H]3C[C@H](O)[C@]12C. The molecule has 294 valence electrons. The number of allylic oxidation sites excluding steroid dienone is 1. The van der Waals surface area contributed by atoms with E-state index < -0.39 is 24.3 Å². The molecule has 12 atom stereocenters. The normalized spacial score (nSPS) is 36.6. The Kier molecular flexibility index (Phi) is 9.80. The standard InChI is InChI=1S/C45H55NO9/c1-23(32-12-13-33-41-34(21-38(51)45(32,33)3)44(2)17-16-26(48)18-24(44)19-36(41)50)8-15-39(52)46-22-31-35(49)14-11-30-40(27-6-4-5-7-28(27)43(53)54)29-10-9-25(47)20-37(29)55-42(30)31/h4-7,9-11,14,20,23-26,32-34,36,38,41,47-51H,8,12-13,15-19,21-22H2,1-3H3,(H,46,52)(H,53,54)/t23-,24+,25?,26-,32-,33+,34+,36-,38+,41+,44+,45-/m1/s1. The molecule has 0 bridgehead atoms. The second-order valence-electron chi connectivity index (χ2n) is 17.9. The van der Waals surface area contributed by atoms with Crippen LogP contribution in [0.5, 0.6) is 11.5 Å². The number of hydrogen-bond donors (Lipinski definition) is 7. The first kappa shape index (κ1) is 37.9. The zero-order valence-electron chi connectivity index (χ0n) is 31.9. The van der Waals surface area contributed by atoms with Gasteiger partial charge >= 0.3 is 5.97 Å². The number of hydrogen-bond acceptors (Lipinski definition) is 8. The Morgan fingerprint density at radius 2 is 1.75 bits per heavy atom. The molecule has 0 saturated heterocycles. The van der Waals surface area contributed by atoms with Crippen molar-refractivity contribution < 1.29 is 45.0 Å². The third-order valence-corrected chi connectivity index (χ3v) is 15.3. The molecule has 0 spiro atoms. The van der Waals surface area contributed by atoms with Gasteiger partial charge in [0.1, 0.15) is 17.3 Å². The maximum absolute atomic E-state index is 13.5. The van der Waals surface area contributed by atoms with Crippen LogP contribution in [0.1, 0.15) is 106 Å². The van der Waals surface area contributed by atoms with Crippen molar-refractivity contribution in [1.82, 2.24) is 5.32 Å². The van der Waals surface area contributed by atoms with E-state index in [0.29, 0.717) is 52.9 Å². The fraction of sp³-hybridized carbons (Fsp3) is 0.556. The second-order valence-corrected chi connectivity index (χ2v) is 17.9. The smallest absolute Gasteiger partial charge is 0.336 e. The van der Waals surface area contributed by atoms with Gasteiger partial charge in [-0.2, -0.15) is 0 Å². The zero-order valence-corrected chi connectivity index (χ0v) is 31.9. The van der Waals surface area contributed by atoms with Crippen LogP contribution >= 0.6 is 0 Å². The Bertz CT molecular complexity index is 1970. The van der Waals surface area contributed by atoms with Crippen molar-refractivity contribution in [2.45, 2.75) is 110 Å². The summed E-state index contributed by atoms with van der Waals surface area (Å²) in [5, 5.41) is 68.5. The highest BCUT2D eigenvalue weighted by Crippen LogP contribution is 2.68. The van der Waals surface area contributed by atoms with Gasteiger partial charge in [0, 0.05) is 23.1 Å². The molecule has 4 fully saturated rings. The highest BCUT2D eigenvalue weighted by Gasteiger charge is 2.65. The summed E-state index contributed by atoms with van der Waals surface area (Å²) in [5.74, 6) is 0.434. The maximum Gasteiger partial charge on any atom is 0.336 e. The van der Waals surface area contributed by atoms with E-state index in [2.05, 4.69) is 26.1 Å². The molecular formula is C45H55NO9. The second kappa shape index (κ2) is 14.2. The van der Waals surface area contributed by atoms with E-state index in [9.17, 15) is 40.2 Å². The summed E-state index contributed by atoms with van der Waals surface area (Å²) in [5.41, 5.74) is 2.30. The van der Waals surface area contributed by atoms with E-state index in [4.69, 9.17) is 4.74 Å². The van der Waals surface area contributed by atoms with Crippen molar-refractivity contribution in [3.63, 3.8) is 0 Å². The molecule has 5 aliphatic carbocycles. The summed E-state index contributed by atoms with van der Waals surface area (Å²) in [6.45, 7) is 6.71. The summed E-state index contributed by atoms with van der Waals surface area (Å²) in [7, 11) is 0. The number of carboxylic acid groups (broad SMARTS) is 1. The first-order chi connectivity index (χ1) is 26.2. The van der Waals surface area contributed by atoms with E-state index in [-0.39, 0.29) is 88.4 Å². The number of phenols is 1. The summed E-state index contributed by atoms with van der Waals surface area (Å²) < 4.78 is 6.31. The van der Waals surface area contributed by atoms with E-state index in [0.717, 1.165) is 32.1 Å². The average Bonchev–Trinajstić information content (AvgIpc) is 3.51. The number of fused-ring (bicyclic) bond motifs is 7. The molecule has 10 nitrogen and oxygen atoms in total. The lowest BCUT2D eigenvalue weighted by Crippen LogP contribution is -2.62. The summed E-state index contributed by atoms with van der Waals surface area (Å²) in [6, 6.07) is 9.86. The number of ether oxygens (including phenoxy) is 1. The molecule has 4 saturated carbocycles. The van der Waals surface area contributed by atoms with Crippen LogP contribution in [0.25, 0.3) is 5.57 Å². The number of aromatic hydroxyl groups is 1. The highest BCUT2D eigenvalue weighted by molar-refractivity contribution is 6.00. The third-order valence-electron chi connectivity index (χ3n) is 15.3. The van der Waals surface area contributed by atoms with E-state index in [1.54, 1.807) is 36.4 Å². The number of phenolic OH excluding ortho intramolecular Hbond substituents is 1. The third kappa shape index (κ3) is 6.24. The Hall–Kier alpha value is -3.96. The van der Waals surface area contributed by atoms with Gasteiger partial charge in [0.05, 0.1) is 42.1 Å². The van der Waals surface area contributed by atoms with Crippen molar-refractivity contribution in [2.24, 2.45) is 46.3 Å². The molecular weight excluding hydrogens is 698 g/mol. The topological polar surface area (TPSA) is 177 Å². The quantitative estimate of drug-likeness (QED) is 0.168. The van der Waals surface area contributed by atoms with Crippen molar-refractivity contribution in [2.75, 3.05) is 0 Å². The Labute approximate surface area is 322 Å². The number of carbonyl (C=O) groups is 2. The summed E-state index contributed by atoms with van der Waals surface area (Å²) >= 11 is 0. The fourth-order valence-corrected chi connectivity index (χ4v) is 12.4. The van der Waals surface area contributed by atoms with Crippen LogP contribution < -0.4 is 10.1 Å². The van der Waals surface area contributed by atoms with Crippen molar-refractivity contribution in [1.29, 1.82) is 0 Å². The molecule has 1 amide bonds. The number of aromatic carboxylic acids is 1. The number of nitrogens with one attached hydrogen (secondary N) is 1. The van der Waals surface area contributed by atoms with E-state index >= 15 is 0 Å². The van der Waals surface area contributed by atoms with Crippen molar-refractivity contribution in [3.05, 3.63) is 88.2 Å². The predicted octanol–water partition coefficient (Wildman–Crippen LogP) is 6.09. The van der Waals surface area contributed by atoms with Gasteiger partial charge in [0.15, 0.2) is 0 Å². The molecule has 8 rings (SSSR count). The lowest BCUT2D eigenvalue weighted by atomic mass is 9.43. The minimum absolute atomic E-state index is 0.0134. The molecule has 55 heavy (non-hydrogen) atoms.